The van der Waals surface area contributed by atoms with Gasteiger partial charge in [0.25, 0.3) is 0 Å². The van der Waals surface area contributed by atoms with Crippen LogP contribution in [0.3, 0.4) is 0 Å². The lowest BCUT2D eigenvalue weighted by Gasteiger charge is -2.16. The number of rotatable bonds is 4. The van der Waals surface area contributed by atoms with Crippen molar-refractivity contribution in [1.29, 1.82) is 0 Å². The predicted molar refractivity (Wildman–Crippen MR) is 104 cm³/mol. The molecule has 0 unspecified atom stereocenters. The Kier molecular flexibility index (Phi) is 5.04. The van der Waals surface area contributed by atoms with Crippen molar-refractivity contribution >= 4 is 44.0 Å². The smallest absolute Gasteiger partial charge is 0.185 e. The molecule has 9 heteroatoms. The number of hydrogen-bond acceptors (Lipinski definition) is 6. The van der Waals surface area contributed by atoms with Crippen molar-refractivity contribution < 1.29 is 5.11 Å². The van der Waals surface area contributed by atoms with Gasteiger partial charge in [-0.3, -0.25) is 0 Å². The Morgan fingerprint density at radius 2 is 2.12 bits per heavy atom. The molecule has 3 aromatic rings. The van der Waals surface area contributed by atoms with E-state index in [1.165, 1.54) is 17.7 Å². The van der Waals surface area contributed by atoms with Crippen LogP contribution < -0.4 is 5.32 Å². The molecule has 0 saturated carbocycles. The highest BCUT2D eigenvalue weighted by atomic mass is 79.9. The van der Waals surface area contributed by atoms with Gasteiger partial charge >= 0.3 is 0 Å². The summed E-state index contributed by atoms with van der Waals surface area (Å²) in [6, 6.07) is 3.38. The van der Waals surface area contributed by atoms with Crippen molar-refractivity contribution in [2.75, 3.05) is 5.32 Å². The number of phenols is 1. The minimum Gasteiger partial charge on any atom is -0.506 e. The first kappa shape index (κ1) is 18.2. The lowest BCUT2D eigenvalue weighted by atomic mass is 9.92. The molecule has 0 spiro atoms. The monoisotopic (exact) mass is 441 g/mol. The maximum atomic E-state index is 10.2. The van der Waals surface area contributed by atoms with Gasteiger partial charge in [-0.15, -0.1) is 0 Å². The summed E-state index contributed by atoms with van der Waals surface area (Å²) < 4.78 is 2.28. The molecule has 25 heavy (non-hydrogen) atoms. The Morgan fingerprint density at radius 1 is 1.36 bits per heavy atom. The van der Waals surface area contributed by atoms with Crippen molar-refractivity contribution in [3.63, 3.8) is 0 Å². The fourth-order valence-corrected chi connectivity index (χ4v) is 4.24. The third-order valence-electron chi connectivity index (χ3n) is 3.48. The van der Waals surface area contributed by atoms with E-state index in [1.54, 1.807) is 23.1 Å². The van der Waals surface area contributed by atoms with E-state index in [9.17, 15) is 5.11 Å². The summed E-state index contributed by atoms with van der Waals surface area (Å²) in [7, 11) is 0. The van der Waals surface area contributed by atoms with Gasteiger partial charge in [0.2, 0.25) is 0 Å². The standard InChI is InChI=1S/C16H17BrClN5OS/c1-16(2,3)13-14(23-8-19-7-21-23)25-15(22-13)20-6-9-4-10(18)5-11(17)12(9)24/h4-5,7-8,24H,6H2,1-3H3,(H,20,22). The third-order valence-corrected chi connectivity index (χ3v) is 5.31. The van der Waals surface area contributed by atoms with Crippen LogP contribution in [0.25, 0.3) is 5.00 Å². The second-order valence-corrected chi connectivity index (χ2v) is 8.78. The highest BCUT2D eigenvalue weighted by molar-refractivity contribution is 9.10. The average Bonchev–Trinajstić information content (AvgIpc) is 3.17. The summed E-state index contributed by atoms with van der Waals surface area (Å²) in [5, 5.41) is 19.8. The second kappa shape index (κ2) is 6.93. The van der Waals surface area contributed by atoms with Gasteiger partial charge < -0.3 is 10.4 Å². The summed E-state index contributed by atoms with van der Waals surface area (Å²) in [5.41, 5.74) is 1.48. The van der Waals surface area contributed by atoms with E-state index in [0.29, 0.717) is 21.6 Å². The number of nitrogens with one attached hydrogen (secondary N) is 1. The van der Waals surface area contributed by atoms with Crippen molar-refractivity contribution in [1.82, 2.24) is 19.7 Å². The molecular weight excluding hydrogens is 426 g/mol. The molecule has 3 rings (SSSR count). The van der Waals surface area contributed by atoms with Crippen LogP contribution in [0.5, 0.6) is 5.75 Å². The average molecular weight is 443 g/mol. The van der Waals surface area contributed by atoms with Gasteiger partial charge in [-0.1, -0.05) is 43.7 Å². The zero-order valence-electron chi connectivity index (χ0n) is 13.9. The van der Waals surface area contributed by atoms with E-state index in [-0.39, 0.29) is 11.2 Å². The molecule has 0 aliphatic heterocycles. The molecule has 2 aromatic heterocycles. The fourth-order valence-electron chi connectivity index (χ4n) is 2.27. The van der Waals surface area contributed by atoms with Crippen LogP contribution in [-0.2, 0) is 12.0 Å². The quantitative estimate of drug-likeness (QED) is 0.609. The number of halogens is 2. The van der Waals surface area contributed by atoms with Crippen LogP contribution in [0.15, 0.2) is 29.3 Å². The fraction of sp³-hybridized carbons (Fsp3) is 0.312. The summed E-state index contributed by atoms with van der Waals surface area (Å²) in [6.07, 6.45) is 3.16. The Balaban J connectivity index is 1.89. The van der Waals surface area contributed by atoms with Gasteiger partial charge in [0, 0.05) is 22.5 Å². The zero-order valence-corrected chi connectivity index (χ0v) is 17.1. The molecule has 0 saturated heterocycles. The molecule has 2 heterocycles. The largest absolute Gasteiger partial charge is 0.506 e. The summed E-state index contributed by atoms with van der Waals surface area (Å²) in [5.74, 6) is 0.168. The summed E-state index contributed by atoms with van der Waals surface area (Å²) in [6.45, 7) is 6.71. The molecular formula is C16H17BrClN5OS. The molecule has 0 aliphatic rings. The lowest BCUT2D eigenvalue weighted by molar-refractivity contribution is 0.465. The van der Waals surface area contributed by atoms with Gasteiger partial charge in [0.1, 0.15) is 23.4 Å². The Morgan fingerprint density at radius 3 is 2.76 bits per heavy atom. The minimum atomic E-state index is -0.140. The Bertz CT molecular complexity index is 889. The molecule has 0 atom stereocenters. The van der Waals surface area contributed by atoms with Gasteiger partial charge in [-0.05, 0) is 28.1 Å². The van der Waals surface area contributed by atoms with Crippen LogP contribution in [0.2, 0.25) is 5.02 Å². The first-order valence-corrected chi connectivity index (χ1v) is 9.51. The van der Waals surface area contributed by atoms with Crippen LogP contribution in [0.4, 0.5) is 5.13 Å². The number of anilines is 1. The van der Waals surface area contributed by atoms with E-state index < -0.39 is 0 Å². The first-order chi connectivity index (χ1) is 11.8. The molecule has 0 amide bonds. The summed E-state index contributed by atoms with van der Waals surface area (Å²) in [4.78, 5) is 8.73. The van der Waals surface area contributed by atoms with Gasteiger partial charge in [0.15, 0.2) is 5.13 Å². The van der Waals surface area contributed by atoms with Crippen LogP contribution >= 0.6 is 38.9 Å². The topological polar surface area (TPSA) is 75.9 Å². The molecule has 132 valence electrons. The normalized spacial score (nSPS) is 11.7. The maximum Gasteiger partial charge on any atom is 0.185 e. The minimum absolute atomic E-state index is 0.140. The summed E-state index contributed by atoms with van der Waals surface area (Å²) >= 11 is 10.8. The first-order valence-electron chi connectivity index (χ1n) is 7.53. The lowest BCUT2D eigenvalue weighted by Crippen LogP contribution is -2.15. The van der Waals surface area contributed by atoms with Crippen LogP contribution in [-0.4, -0.2) is 24.9 Å². The van der Waals surface area contributed by atoms with Crippen molar-refractivity contribution in [3.8, 4) is 10.8 Å². The SMILES string of the molecule is CC(C)(C)c1nc(NCc2cc(Cl)cc(Br)c2O)sc1-n1cncn1. The van der Waals surface area contributed by atoms with Gasteiger partial charge in [-0.25, -0.2) is 14.6 Å². The van der Waals surface area contributed by atoms with Gasteiger partial charge in [0.05, 0.1) is 10.2 Å². The molecule has 6 nitrogen and oxygen atoms in total. The van der Waals surface area contributed by atoms with E-state index in [1.807, 2.05) is 0 Å². The number of nitrogens with zero attached hydrogens (tertiary/aromatic N) is 4. The second-order valence-electron chi connectivity index (χ2n) is 6.51. The van der Waals surface area contributed by atoms with E-state index in [2.05, 4.69) is 52.1 Å². The van der Waals surface area contributed by atoms with Crippen molar-refractivity contribution in [3.05, 3.63) is 45.5 Å². The molecule has 0 fully saturated rings. The van der Waals surface area contributed by atoms with Crippen molar-refractivity contribution in [2.45, 2.75) is 32.7 Å². The molecule has 2 N–H and O–H groups in total. The highest BCUT2D eigenvalue weighted by Gasteiger charge is 2.25. The number of thiazole rings is 1. The van der Waals surface area contributed by atoms with Crippen LogP contribution in [0.1, 0.15) is 32.0 Å². The van der Waals surface area contributed by atoms with E-state index in [0.717, 1.165) is 15.8 Å². The Hall–Kier alpha value is -1.64. The van der Waals surface area contributed by atoms with Crippen molar-refractivity contribution in [2.24, 2.45) is 0 Å². The molecule has 0 bridgehead atoms. The maximum absolute atomic E-state index is 10.2. The third kappa shape index (κ3) is 3.96. The number of aromatic nitrogens is 4. The Labute approximate surface area is 163 Å². The number of hydrogen-bond donors (Lipinski definition) is 2. The van der Waals surface area contributed by atoms with Gasteiger partial charge in [-0.2, -0.15) is 5.10 Å². The van der Waals surface area contributed by atoms with Crippen LogP contribution in [0, 0.1) is 0 Å². The molecule has 0 aliphatic carbocycles. The zero-order chi connectivity index (χ0) is 18.2. The predicted octanol–water partition coefficient (Wildman–Crippen LogP) is 4.75. The number of benzene rings is 1. The number of phenolic OH excluding ortho intramolecular Hbond substituents is 1. The highest BCUT2D eigenvalue weighted by Crippen LogP contribution is 2.36. The number of aromatic hydroxyl groups is 1. The van der Waals surface area contributed by atoms with E-state index in [4.69, 9.17) is 16.6 Å². The molecule has 0 radical (unpaired) electrons. The van der Waals surface area contributed by atoms with E-state index >= 15 is 0 Å². The molecule has 1 aromatic carbocycles.